The van der Waals surface area contributed by atoms with Gasteiger partial charge < -0.3 is 4.74 Å². The molecule has 0 aromatic heterocycles. The van der Waals surface area contributed by atoms with Gasteiger partial charge in [0.1, 0.15) is 11.1 Å². The van der Waals surface area contributed by atoms with Crippen LogP contribution >= 0.6 is 23.2 Å². The standard InChI is InChI=1S/C17H15Cl2NO4/c1-9(17(23)24-13-8-4-7-12(18)14(13)19)20-15(21)10-5-2-3-6-11(10)16(20)22/h2-4,7-11H,5-6H2,1H3/t9-,10-,11-/m0/s1. The molecule has 1 heterocycles. The molecule has 3 rings (SSSR count). The van der Waals surface area contributed by atoms with Crippen LogP contribution in [0.4, 0.5) is 0 Å². The Labute approximate surface area is 149 Å². The van der Waals surface area contributed by atoms with E-state index in [0.29, 0.717) is 12.8 Å². The third kappa shape index (κ3) is 2.82. The zero-order valence-electron chi connectivity index (χ0n) is 12.9. The summed E-state index contributed by atoms with van der Waals surface area (Å²) in [6.07, 6.45) is 4.83. The highest BCUT2D eigenvalue weighted by Gasteiger charge is 2.50. The summed E-state index contributed by atoms with van der Waals surface area (Å²) in [5.41, 5.74) is 0. The maximum absolute atomic E-state index is 12.5. The molecule has 0 unspecified atom stereocenters. The molecular formula is C17H15Cl2NO4. The summed E-state index contributed by atoms with van der Waals surface area (Å²) in [4.78, 5) is 38.4. The van der Waals surface area contributed by atoms with Crippen molar-refractivity contribution in [2.24, 2.45) is 11.8 Å². The fourth-order valence-corrected chi connectivity index (χ4v) is 3.40. The number of rotatable bonds is 3. The van der Waals surface area contributed by atoms with Gasteiger partial charge in [-0.15, -0.1) is 0 Å². The molecule has 0 bridgehead atoms. The van der Waals surface area contributed by atoms with Crippen LogP contribution in [0, 0.1) is 11.8 Å². The molecule has 1 saturated heterocycles. The molecule has 126 valence electrons. The molecule has 24 heavy (non-hydrogen) atoms. The molecule has 3 atom stereocenters. The third-order valence-corrected chi connectivity index (χ3v) is 5.20. The second kappa shape index (κ2) is 6.57. The predicted molar refractivity (Wildman–Crippen MR) is 88.8 cm³/mol. The van der Waals surface area contributed by atoms with Crippen molar-refractivity contribution in [3.8, 4) is 5.75 Å². The minimum absolute atomic E-state index is 0.0965. The number of nitrogens with zero attached hydrogens (tertiary/aromatic N) is 1. The lowest BCUT2D eigenvalue weighted by molar-refractivity contribution is -0.152. The van der Waals surface area contributed by atoms with Crippen LogP contribution < -0.4 is 4.74 Å². The summed E-state index contributed by atoms with van der Waals surface area (Å²) < 4.78 is 5.23. The van der Waals surface area contributed by atoms with E-state index in [9.17, 15) is 14.4 Å². The van der Waals surface area contributed by atoms with E-state index in [1.54, 1.807) is 12.1 Å². The zero-order valence-corrected chi connectivity index (χ0v) is 14.4. The number of hydrogen-bond donors (Lipinski definition) is 0. The van der Waals surface area contributed by atoms with Gasteiger partial charge in [-0.3, -0.25) is 14.5 Å². The molecule has 0 spiro atoms. The van der Waals surface area contributed by atoms with Gasteiger partial charge >= 0.3 is 5.97 Å². The minimum atomic E-state index is -1.02. The Morgan fingerprint density at radius 2 is 1.75 bits per heavy atom. The monoisotopic (exact) mass is 367 g/mol. The molecule has 0 saturated carbocycles. The number of halogens is 2. The van der Waals surface area contributed by atoms with Crippen molar-refractivity contribution < 1.29 is 19.1 Å². The lowest BCUT2D eigenvalue weighted by Crippen LogP contribution is -2.45. The van der Waals surface area contributed by atoms with Crippen molar-refractivity contribution >= 4 is 41.0 Å². The van der Waals surface area contributed by atoms with E-state index in [0.717, 1.165) is 4.90 Å². The van der Waals surface area contributed by atoms with E-state index in [1.165, 1.54) is 13.0 Å². The van der Waals surface area contributed by atoms with E-state index in [-0.39, 0.29) is 39.4 Å². The van der Waals surface area contributed by atoms with E-state index in [2.05, 4.69) is 0 Å². The topological polar surface area (TPSA) is 63.7 Å². The average Bonchev–Trinajstić information content (AvgIpc) is 2.83. The first-order chi connectivity index (χ1) is 11.4. The number of allylic oxidation sites excluding steroid dienone is 2. The maximum Gasteiger partial charge on any atom is 0.334 e. The molecule has 5 nitrogen and oxygen atoms in total. The van der Waals surface area contributed by atoms with Crippen LogP contribution in [0.1, 0.15) is 19.8 Å². The number of ether oxygens (including phenoxy) is 1. The van der Waals surface area contributed by atoms with Gasteiger partial charge in [-0.05, 0) is 31.9 Å². The molecule has 1 fully saturated rings. The quantitative estimate of drug-likeness (QED) is 0.356. The Morgan fingerprint density at radius 1 is 1.17 bits per heavy atom. The number of benzene rings is 1. The molecule has 1 aromatic rings. The smallest absolute Gasteiger partial charge is 0.334 e. The fourth-order valence-electron chi connectivity index (χ4n) is 3.07. The summed E-state index contributed by atoms with van der Waals surface area (Å²) >= 11 is 11.9. The van der Waals surface area contributed by atoms with Crippen molar-refractivity contribution in [3.63, 3.8) is 0 Å². The normalized spacial score (nSPS) is 24.0. The first-order valence-electron chi connectivity index (χ1n) is 7.59. The van der Waals surface area contributed by atoms with Crippen molar-refractivity contribution in [2.45, 2.75) is 25.8 Å². The zero-order chi connectivity index (χ0) is 17.4. The Bertz CT molecular complexity index is 720. The van der Waals surface area contributed by atoms with Gasteiger partial charge in [-0.1, -0.05) is 41.4 Å². The molecule has 1 aliphatic carbocycles. The van der Waals surface area contributed by atoms with E-state index in [1.807, 2.05) is 12.2 Å². The van der Waals surface area contributed by atoms with E-state index in [4.69, 9.17) is 27.9 Å². The molecule has 2 amide bonds. The fraction of sp³-hybridized carbons (Fsp3) is 0.353. The number of likely N-dealkylation sites (tertiary alicyclic amines) is 1. The predicted octanol–water partition coefficient (Wildman–Crippen LogP) is 3.24. The molecule has 7 heteroatoms. The number of hydrogen-bond acceptors (Lipinski definition) is 4. The van der Waals surface area contributed by atoms with Crippen molar-refractivity contribution in [3.05, 3.63) is 40.4 Å². The van der Waals surface area contributed by atoms with Gasteiger partial charge in [0.05, 0.1) is 16.9 Å². The molecular weight excluding hydrogens is 353 g/mol. The maximum atomic E-state index is 12.5. The average molecular weight is 368 g/mol. The molecule has 0 N–H and O–H groups in total. The number of fused-ring (bicyclic) bond motifs is 1. The van der Waals surface area contributed by atoms with Crippen LogP contribution in [0.5, 0.6) is 5.75 Å². The van der Waals surface area contributed by atoms with Crippen molar-refractivity contribution in [2.75, 3.05) is 0 Å². The van der Waals surface area contributed by atoms with Gasteiger partial charge in [0, 0.05) is 0 Å². The summed E-state index contributed by atoms with van der Waals surface area (Å²) in [7, 11) is 0. The Hall–Kier alpha value is -1.85. The van der Waals surface area contributed by atoms with E-state index >= 15 is 0 Å². The lowest BCUT2D eigenvalue weighted by atomic mass is 9.85. The highest BCUT2D eigenvalue weighted by molar-refractivity contribution is 6.43. The van der Waals surface area contributed by atoms with Crippen LogP contribution in [0.3, 0.4) is 0 Å². The van der Waals surface area contributed by atoms with E-state index < -0.39 is 12.0 Å². The van der Waals surface area contributed by atoms with Gasteiger partial charge in [-0.25, -0.2) is 4.79 Å². The lowest BCUT2D eigenvalue weighted by Gasteiger charge is -2.21. The second-order valence-electron chi connectivity index (χ2n) is 5.85. The summed E-state index contributed by atoms with van der Waals surface area (Å²) in [5.74, 6) is -2.04. The number of amides is 2. The van der Waals surface area contributed by atoms with Crippen LogP contribution in [0.25, 0.3) is 0 Å². The Balaban J connectivity index is 1.77. The number of carbonyl (C=O) groups excluding carboxylic acids is 3. The van der Waals surface area contributed by atoms with Crippen LogP contribution in [-0.2, 0) is 14.4 Å². The number of imide groups is 1. The highest BCUT2D eigenvalue weighted by Crippen LogP contribution is 2.37. The first-order valence-corrected chi connectivity index (χ1v) is 8.35. The second-order valence-corrected chi connectivity index (χ2v) is 6.64. The minimum Gasteiger partial charge on any atom is -0.423 e. The van der Waals surface area contributed by atoms with Crippen LogP contribution in [0.2, 0.25) is 10.0 Å². The SMILES string of the molecule is C[C@@H](C(=O)Oc1cccc(Cl)c1Cl)N1C(=O)[C@H]2CC=CC[C@@H]2C1=O. The Kier molecular flexibility index (Phi) is 4.65. The summed E-state index contributed by atoms with van der Waals surface area (Å²) in [6, 6.07) is 3.63. The van der Waals surface area contributed by atoms with Gasteiger partial charge in [0.15, 0.2) is 5.75 Å². The molecule has 2 aliphatic rings. The number of esters is 1. The van der Waals surface area contributed by atoms with Crippen LogP contribution in [-0.4, -0.2) is 28.7 Å². The first kappa shape index (κ1) is 17.0. The van der Waals surface area contributed by atoms with Crippen molar-refractivity contribution in [1.29, 1.82) is 0 Å². The summed E-state index contributed by atoms with van der Waals surface area (Å²) in [5, 5.41) is 0.358. The summed E-state index contributed by atoms with van der Waals surface area (Å²) in [6.45, 7) is 1.47. The van der Waals surface area contributed by atoms with Crippen molar-refractivity contribution in [1.82, 2.24) is 4.90 Å². The molecule has 1 aromatic carbocycles. The highest BCUT2D eigenvalue weighted by atomic mass is 35.5. The molecule has 0 radical (unpaired) electrons. The van der Waals surface area contributed by atoms with Gasteiger partial charge in [-0.2, -0.15) is 0 Å². The number of carbonyl (C=O) groups is 3. The third-order valence-electron chi connectivity index (χ3n) is 4.40. The van der Waals surface area contributed by atoms with Gasteiger partial charge in [0.2, 0.25) is 11.8 Å². The largest absolute Gasteiger partial charge is 0.423 e. The Morgan fingerprint density at radius 3 is 2.33 bits per heavy atom. The van der Waals surface area contributed by atoms with Gasteiger partial charge in [0.25, 0.3) is 0 Å². The van der Waals surface area contributed by atoms with Crippen LogP contribution in [0.15, 0.2) is 30.4 Å². The molecule has 1 aliphatic heterocycles.